The highest BCUT2D eigenvalue weighted by molar-refractivity contribution is 9.10. The van der Waals surface area contributed by atoms with Gasteiger partial charge in [-0.25, -0.2) is 0 Å². The van der Waals surface area contributed by atoms with Gasteiger partial charge in [-0.05, 0) is 83.2 Å². The van der Waals surface area contributed by atoms with Gasteiger partial charge in [0.05, 0.1) is 16.8 Å². The van der Waals surface area contributed by atoms with Gasteiger partial charge in [0, 0.05) is 6.21 Å². The second-order valence-electron chi connectivity index (χ2n) is 6.56. The predicted molar refractivity (Wildman–Crippen MR) is 119 cm³/mol. The lowest BCUT2D eigenvalue weighted by Gasteiger charge is -2.14. The third-order valence-corrected chi connectivity index (χ3v) is 5.00. The first kappa shape index (κ1) is 20.2. The zero-order valence-electron chi connectivity index (χ0n) is 16.4. The minimum absolute atomic E-state index is 0.482. The van der Waals surface area contributed by atoms with E-state index in [1.807, 2.05) is 61.7 Å². The van der Waals surface area contributed by atoms with Gasteiger partial charge in [-0.1, -0.05) is 36.4 Å². The summed E-state index contributed by atoms with van der Waals surface area (Å²) in [7, 11) is 0. The highest BCUT2D eigenvalue weighted by Crippen LogP contribution is 2.37. The average molecular weight is 438 g/mol. The molecule has 0 aromatic heterocycles. The van der Waals surface area contributed by atoms with Crippen molar-refractivity contribution in [2.75, 3.05) is 6.61 Å². The molecule has 0 fully saturated rings. The first-order valence-corrected chi connectivity index (χ1v) is 10.1. The van der Waals surface area contributed by atoms with Crippen LogP contribution in [-0.2, 0) is 6.61 Å². The van der Waals surface area contributed by atoms with E-state index in [0.717, 1.165) is 21.3 Å². The zero-order chi connectivity index (χ0) is 19.9. The maximum atomic E-state index is 6.04. The van der Waals surface area contributed by atoms with Crippen molar-refractivity contribution in [1.82, 2.24) is 0 Å². The van der Waals surface area contributed by atoms with Gasteiger partial charge in [-0.2, -0.15) is 0 Å². The molecule has 3 rings (SSSR count). The summed E-state index contributed by atoms with van der Waals surface area (Å²) < 4.78 is 12.7. The van der Waals surface area contributed by atoms with E-state index in [1.54, 1.807) is 0 Å². The van der Waals surface area contributed by atoms with E-state index in [1.165, 1.54) is 11.1 Å². The number of halogens is 1. The number of hydrogen-bond donors (Lipinski definition) is 0. The molecule has 0 aliphatic carbocycles. The standard InChI is InChI=1S/C24H24BrNO2/c1-4-27-23-14-20(15-26-21-11-10-17(2)18(3)12-21)13-22(25)24(23)28-16-19-8-6-5-7-9-19/h5-15H,4,16H2,1-3H3. The Kier molecular flexibility index (Phi) is 6.88. The van der Waals surface area contributed by atoms with Crippen LogP contribution in [0, 0.1) is 13.8 Å². The highest BCUT2D eigenvalue weighted by Gasteiger charge is 2.12. The zero-order valence-corrected chi connectivity index (χ0v) is 18.0. The molecule has 0 aliphatic heterocycles. The summed E-state index contributed by atoms with van der Waals surface area (Å²) in [4.78, 5) is 4.60. The maximum Gasteiger partial charge on any atom is 0.175 e. The summed E-state index contributed by atoms with van der Waals surface area (Å²) in [5.41, 5.74) is 5.48. The SMILES string of the molecule is CCOc1cc(C=Nc2ccc(C)c(C)c2)cc(Br)c1OCc1ccccc1. The molecule has 144 valence electrons. The number of rotatable bonds is 7. The van der Waals surface area contributed by atoms with Gasteiger partial charge in [0.2, 0.25) is 0 Å². The van der Waals surface area contributed by atoms with E-state index >= 15 is 0 Å². The number of hydrogen-bond acceptors (Lipinski definition) is 3. The van der Waals surface area contributed by atoms with Gasteiger partial charge in [0.1, 0.15) is 6.61 Å². The Labute approximate surface area is 175 Å². The summed E-state index contributed by atoms with van der Waals surface area (Å²) in [6.07, 6.45) is 1.85. The molecule has 28 heavy (non-hydrogen) atoms. The van der Waals surface area contributed by atoms with Crippen molar-refractivity contribution in [2.45, 2.75) is 27.4 Å². The van der Waals surface area contributed by atoms with Gasteiger partial charge in [0.25, 0.3) is 0 Å². The Balaban J connectivity index is 1.83. The summed E-state index contributed by atoms with van der Waals surface area (Å²) in [5, 5.41) is 0. The molecule has 0 heterocycles. The molecule has 3 nitrogen and oxygen atoms in total. The van der Waals surface area contributed by atoms with Gasteiger partial charge in [-0.15, -0.1) is 0 Å². The van der Waals surface area contributed by atoms with E-state index in [4.69, 9.17) is 9.47 Å². The van der Waals surface area contributed by atoms with Crippen LogP contribution >= 0.6 is 15.9 Å². The molecular formula is C24H24BrNO2. The van der Waals surface area contributed by atoms with Crippen LogP contribution in [0.4, 0.5) is 5.69 Å². The van der Waals surface area contributed by atoms with Crippen LogP contribution in [0.3, 0.4) is 0 Å². The third-order valence-electron chi connectivity index (χ3n) is 4.41. The summed E-state index contributed by atoms with van der Waals surface area (Å²) >= 11 is 3.62. The van der Waals surface area contributed by atoms with Crippen molar-refractivity contribution < 1.29 is 9.47 Å². The topological polar surface area (TPSA) is 30.8 Å². The van der Waals surface area contributed by atoms with E-state index in [-0.39, 0.29) is 0 Å². The van der Waals surface area contributed by atoms with Crippen LogP contribution in [0.5, 0.6) is 11.5 Å². The fraction of sp³-hybridized carbons (Fsp3) is 0.208. The minimum Gasteiger partial charge on any atom is -0.490 e. The number of aryl methyl sites for hydroxylation is 2. The molecule has 0 saturated heterocycles. The monoisotopic (exact) mass is 437 g/mol. The lowest BCUT2D eigenvalue weighted by atomic mass is 10.1. The fourth-order valence-electron chi connectivity index (χ4n) is 2.75. The largest absolute Gasteiger partial charge is 0.490 e. The third kappa shape index (κ3) is 5.23. The van der Waals surface area contributed by atoms with Crippen molar-refractivity contribution in [3.8, 4) is 11.5 Å². The molecular weight excluding hydrogens is 414 g/mol. The molecule has 0 bridgehead atoms. The summed E-state index contributed by atoms with van der Waals surface area (Å²) in [5.74, 6) is 1.41. The number of benzene rings is 3. The van der Waals surface area contributed by atoms with E-state index in [0.29, 0.717) is 24.7 Å². The van der Waals surface area contributed by atoms with Gasteiger partial charge in [0.15, 0.2) is 11.5 Å². The van der Waals surface area contributed by atoms with Gasteiger partial charge in [-0.3, -0.25) is 4.99 Å². The van der Waals surface area contributed by atoms with Crippen molar-refractivity contribution in [3.05, 3.63) is 87.4 Å². The second kappa shape index (κ2) is 9.56. The van der Waals surface area contributed by atoms with E-state index in [9.17, 15) is 0 Å². The van der Waals surface area contributed by atoms with Crippen LogP contribution in [0.2, 0.25) is 0 Å². The highest BCUT2D eigenvalue weighted by atomic mass is 79.9. The first-order chi connectivity index (χ1) is 13.6. The van der Waals surface area contributed by atoms with Crippen molar-refractivity contribution >= 4 is 27.8 Å². The quantitative estimate of drug-likeness (QED) is 0.380. The van der Waals surface area contributed by atoms with Crippen LogP contribution in [0.1, 0.15) is 29.2 Å². The molecule has 0 saturated carbocycles. The molecule has 0 spiro atoms. The smallest absolute Gasteiger partial charge is 0.175 e. The summed E-state index contributed by atoms with van der Waals surface area (Å²) in [6, 6.07) is 20.2. The Morgan fingerprint density at radius 3 is 2.43 bits per heavy atom. The fourth-order valence-corrected chi connectivity index (χ4v) is 3.32. The number of aliphatic imine (C=N–C) groups is 1. The predicted octanol–water partition coefficient (Wildman–Crippen LogP) is 6.79. The van der Waals surface area contributed by atoms with Crippen LogP contribution in [0.25, 0.3) is 0 Å². The van der Waals surface area contributed by atoms with E-state index < -0.39 is 0 Å². The lowest BCUT2D eigenvalue weighted by Crippen LogP contribution is -2.01. The minimum atomic E-state index is 0.482. The van der Waals surface area contributed by atoms with Gasteiger partial charge < -0.3 is 9.47 Å². The van der Waals surface area contributed by atoms with Gasteiger partial charge >= 0.3 is 0 Å². The molecule has 0 atom stereocenters. The van der Waals surface area contributed by atoms with Crippen LogP contribution in [0.15, 0.2) is 70.1 Å². The number of nitrogens with zero attached hydrogens (tertiary/aromatic N) is 1. The first-order valence-electron chi connectivity index (χ1n) is 9.31. The van der Waals surface area contributed by atoms with Crippen molar-refractivity contribution in [3.63, 3.8) is 0 Å². The number of ether oxygens (including phenoxy) is 2. The summed E-state index contributed by atoms with van der Waals surface area (Å²) in [6.45, 7) is 7.20. The lowest BCUT2D eigenvalue weighted by molar-refractivity contribution is 0.267. The van der Waals surface area contributed by atoms with Crippen molar-refractivity contribution in [1.29, 1.82) is 0 Å². The van der Waals surface area contributed by atoms with Crippen molar-refractivity contribution in [2.24, 2.45) is 4.99 Å². The Bertz CT molecular complexity index is 968. The molecule has 3 aromatic carbocycles. The average Bonchev–Trinajstić information content (AvgIpc) is 2.69. The molecule has 0 aliphatic rings. The maximum absolute atomic E-state index is 6.04. The normalized spacial score (nSPS) is 11.0. The Morgan fingerprint density at radius 2 is 1.71 bits per heavy atom. The van der Waals surface area contributed by atoms with Crippen LogP contribution in [-0.4, -0.2) is 12.8 Å². The molecule has 0 unspecified atom stereocenters. The molecule has 0 amide bonds. The second-order valence-corrected chi connectivity index (χ2v) is 7.42. The molecule has 0 radical (unpaired) electrons. The van der Waals surface area contributed by atoms with E-state index in [2.05, 4.69) is 46.9 Å². The van der Waals surface area contributed by atoms with Crippen LogP contribution < -0.4 is 9.47 Å². The molecule has 3 aromatic rings. The molecule has 0 N–H and O–H groups in total. The molecule has 4 heteroatoms. The Hall–Kier alpha value is -2.59. The Morgan fingerprint density at radius 1 is 0.929 bits per heavy atom.